The monoisotopic (exact) mass is 162 g/mol. The molecule has 0 N–H and O–H groups in total. The Bertz CT molecular complexity index is 113. The molecule has 0 radical (unpaired) electrons. The van der Waals surface area contributed by atoms with Crippen molar-refractivity contribution in [2.75, 3.05) is 20.8 Å². The van der Waals surface area contributed by atoms with E-state index in [0.717, 1.165) is 6.42 Å². The first kappa shape index (κ1) is 10.2. The Morgan fingerprint density at radius 3 is 2.45 bits per heavy atom. The highest BCUT2D eigenvalue weighted by atomic mass is 16.7. The molecule has 0 rings (SSSR count). The minimum Gasteiger partial charge on any atom is -0.438 e. The summed E-state index contributed by atoms with van der Waals surface area (Å²) in [6.45, 7) is 2.32. The molecule has 0 bridgehead atoms. The van der Waals surface area contributed by atoms with Gasteiger partial charge >= 0.3 is 6.16 Å². The van der Waals surface area contributed by atoms with Gasteiger partial charge in [-0.3, -0.25) is 0 Å². The summed E-state index contributed by atoms with van der Waals surface area (Å²) in [5.74, 6) is 0. The highest BCUT2D eigenvalue weighted by Crippen LogP contribution is 1.99. The third-order valence-electron chi connectivity index (χ3n) is 1.24. The molecule has 0 aliphatic carbocycles. The number of carbonyl (C=O) groups is 1. The van der Waals surface area contributed by atoms with E-state index in [9.17, 15) is 4.79 Å². The van der Waals surface area contributed by atoms with Crippen LogP contribution in [0.25, 0.3) is 0 Å². The maximum absolute atomic E-state index is 10.6. The van der Waals surface area contributed by atoms with Crippen LogP contribution in [0.5, 0.6) is 0 Å². The SMILES string of the molecule is CCC(COC)OC(=O)OC. The molecule has 0 aromatic rings. The maximum Gasteiger partial charge on any atom is 0.508 e. The predicted octanol–water partition coefficient (Wildman–Crippen LogP) is 1.19. The first-order valence-corrected chi connectivity index (χ1v) is 3.48. The second kappa shape index (κ2) is 5.97. The normalized spacial score (nSPS) is 12.3. The molecule has 0 aromatic heterocycles. The summed E-state index contributed by atoms with van der Waals surface area (Å²) in [5, 5.41) is 0. The van der Waals surface area contributed by atoms with Gasteiger partial charge in [0.15, 0.2) is 0 Å². The molecule has 0 saturated carbocycles. The third kappa shape index (κ3) is 4.61. The Morgan fingerprint density at radius 1 is 1.45 bits per heavy atom. The summed E-state index contributed by atoms with van der Waals surface area (Å²) in [6.07, 6.45) is -0.135. The fourth-order valence-corrected chi connectivity index (χ4v) is 0.605. The second-order valence-electron chi connectivity index (χ2n) is 2.06. The topological polar surface area (TPSA) is 44.8 Å². The maximum atomic E-state index is 10.6. The average molecular weight is 162 g/mol. The lowest BCUT2D eigenvalue weighted by molar-refractivity contribution is 0.00140. The van der Waals surface area contributed by atoms with Crippen LogP contribution >= 0.6 is 0 Å². The zero-order valence-corrected chi connectivity index (χ0v) is 7.12. The van der Waals surface area contributed by atoms with E-state index in [4.69, 9.17) is 9.47 Å². The number of rotatable bonds is 4. The number of carbonyl (C=O) groups excluding carboxylic acids is 1. The molecule has 1 atom stereocenters. The molecule has 0 saturated heterocycles. The van der Waals surface area contributed by atoms with Crippen LogP contribution in [0.4, 0.5) is 4.79 Å². The van der Waals surface area contributed by atoms with Gasteiger partial charge in [-0.2, -0.15) is 0 Å². The molecule has 0 heterocycles. The van der Waals surface area contributed by atoms with E-state index in [1.54, 1.807) is 7.11 Å². The molecular formula is C7H14O4. The first-order chi connectivity index (χ1) is 5.24. The van der Waals surface area contributed by atoms with Crippen molar-refractivity contribution in [3.8, 4) is 0 Å². The molecule has 1 unspecified atom stereocenters. The van der Waals surface area contributed by atoms with Crippen molar-refractivity contribution in [1.82, 2.24) is 0 Å². The largest absolute Gasteiger partial charge is 0.508 e. The highest BCUT2D eigenvalue weighted by Gasteiger charge is 2.11. The summed E-state index contributed by atoms with van der Waals surface area (Å²) in [5.41, 5.74) is 0. The van der Waals surface area contributed by atoms with E-state index in [0.29, 0.717) is 6.61 Å². The van der Waals surface area contributed by atoms with E-state index in [-0.39, 0.29) is 6.10 Å². The third-order valence-corrected chi connectivity index (χ3v) is 1.24. The molecule has 0 aliphatic heterocycles. The van der Waals surface area contributed by atoms with Crippen LogP contribution in [0.15, 0.2) is 0 Å². The molecule has 0 fully saturated rings. The number of hydrogen-bond donors (Lipinski definition) is 0. The van der Waals surface area contributed by atoms with Gasteiger partial charge in [0.2, 0.25) is 0 Å². The van der Waals surface area contributed by atoms with Crippen molar-refractivity contribution in [2.45, 2.75) is 19.4 Å². The van der Waals surface area contributed by atoms with Crippen LogP contribution in [0.1, 0.15) is 13.3 Å². The van der Waals surface area contributed by atoms with Crippen molar-refractivity contribution in [2.24, 2.45) is 0 Å². The molecule has 66 valence electrons. The van der Waals surface area contributed by atoms with E-state index in [2.05, 4.69) is 4.74 Å². The summed E-state index contributed by atoms with van der Waals surface area (Å²) in [6, 6.07) is 0. The summed E-state index contributed by atoms with van der Waals surface area (Å²) < 4.78 is 13.9. The summed E-state index contributed by atoms with van der Waals surface area (Å²) in [4.78, 5) is 10.6. The van der Waals surface area contributed by atoms with Crippen molar-refractivity contribution >= 4 is 6.16 Å². The van der Waals surface area contributed by atoms with Gasteiger partial charge in [0.1, 0.15) is 6.10 Å². The van der Waals surface area contributed by atoms with Gasteiger partial charge in [0.05, 0.1) is 13.7 Å². The standard InChI is InChI=1S/C7H14O4/c1-4-6(5-9-2)11-7(8)10-3/h6H,4-5H2,1-3H3. The Labute approximate surface area is 66.4 Å². The van der Waals surface area contributed by atoms with Crippen molar-refractivity contribution in [3.63, 3.8) is 0 Å². The number of methoxy groups -OCH3 is 2. The number of hydrogen-bond acceptors (Lipinski definition) is 4. The van der Waals surface area contributed by atoms with Crippen molar-refractivity contribution in [3.05, 3.63) is 0 Å². The van der Waals surface area contributed by atoms with Crippen LogP contribution in [-0.2, 0) is 14.2 Å². The zero-order valence-electron chi connectivity index (χ0n) is 7.12. The minimum absolute atomic E-state index is 0.201. The smallest absolute Gasteiger partial charge is 0.438 e. The highest BCUT2D eigenvalue weighted by molar-refractivity contribution is 5.59. The lowest BCUT2D eigenvalue weighted by Crippen LogP contribution is -2.21. The van der Waals surface area contributed by atoms with Crippen LogP contribution in [0, 0.1) is 0 Å². The lowest BCUT2D eigenvalue weighted by Gasteiger charge is -2.13. The molecule has 0 aliphatic rings. The first-order valence-electron chi connectivity index (χ1n) is 3.48. The van der Waals surface area contributed by atoms with Gasteiger partial charge in [-0.1, -0.05) is 6.92 Å². The molecule has 0 spiro atoms. The van der Waals surface area contributed by atoms with Gasteiger partial charge < -0.3 is 14.2 Å². The second-order valence-corrected chi connectivity index (χ2v) is 2.06. The van der Waals surface area contributed by atoms with Gasteiger partial charge in [0.25, 0.3) is 0 Å². The predicted molar refractivity (Wildman–Crippen MR) is 39.4 cm³/mol. The van der Waals surface area contributed by atoms with E-state index >= 15 is 0 Å². The van der Waals surface area contributed by atoms with Crippen LogP contribution in [-0.4, -0.2) is 33.1 Å². The minimum atomic E-state index is -0.658. The molecule has 4 nitrogen and oxygen atoms in total. The quantitative estimate of drug-likeness (QED) is 0.582. The molecule has 0 amide bonds. The van der Waals surface area contributed by atoms with Crippen molar-refractivity contribution < 1.29 is 19.0 Å². The van der Waals surface area contributed by atoms with E-state index in [1.165, 1.54) is 7.11 Å². The zero-order chi connectivity index (χ0) is 8.69. The Balaban J connectivity index is 3.58. The fraction of sp³-hybridized carbons (Fsp3) is 0.857. The lowest BCUT2D eigenvalue weighted by atomic mass is 10.3. The fourth-order valence-electron chi connectivity index (χ4n) is 0.605. The summed E-state index contributed by atoms with van der Waals surface area (Å²) >= 11 is 0. The van der Waals surface area contributed by atoms with Gasteiger partial charge in [-0.15, -0.1) is 0 Å². The van der Waals surface area contributed by atoms with Crippen LogP contribution in [0.2, 0.25) is 0 Å². The van der Waals surface area contributed by atoms with Gasteiger partial charge in [-0.25, -0.2) is 4.79 Å². The Hall–Kier alpha value is -0.770. The molecule has 0 aromatic carbocycles. The Morgan fingerprint density at radius 2 is 2.09 bits per heavy atom. The number of ether oxygens (including phenoxy) is 3. The molecular weight excluding hydrogens is 148 g/mol. The van der Waals surface area contributed by atoms with E-state index < -0.39 is 6.16 Å². The summed E-state index contributed by atoms with van der Waals surface area (Å²) in [7, 11) is 2.84. The van der Waals surface area contributed by atoms with Crippen LogP contribution < -0.4 is 0 Å². The molecule has 4 heteroatoms. The van der Waals surface area contributed by atoms with Gasteiger partial charge in [0, 0.05) is 7.11 Å². The van der Waals surface area contributed by atoms with Crippen molar-refractivity contribution in [1.29, 1.82) is 0 Å². The Kier molecular flexibility index (Phi) is 5.56. The average Bonchev–Trinajstić information content (AvgIpc) is 2.03. The van der Waals surface area contributed by atoms with E-state index in [1.807, 2.05) is 6.92 Å². The van der Waals surface area contributed by atoms with Gasteiger partial charge in [-0.05, 0) is 6.42 Å². The van der Waals surface area contributed by atoms with Crippen LogP contribution in [0.3, 0.4) is 0 Å². The molecule has 11 heavy (non-hydrogen) atoms.